The van der Waals surface area contributed by atoms with Crippen molar-refractivity contribution < 1.29 is 9.13 Å². The van der Waals surface area contributed by atoms with Crippen molar-refractivity contribution in [1.29, 1.82) is 0 Å². The van der Waals surface area contributed by atoms with Gasteiger partial charge in [-0.05, 0) is 17.7 Å². The minimum absolute atomic E-state index is 0.526. The van der Waals surface area contributed by atoms with Crippen LogP contribution in [0.5, 0.6) is 5.75 Å². The first-order chi connectivity index (χ1) is 8.69. The predicted molar refractivity (Wildman–Crippen MR) is 67.1 cm³/mol. The van der Waals surface area contributed by atoms with Crippen LogP contribution >= 0.6 is 0 Å². The van der Waals surface area contributed by atoms with Crippen LogP contribution in [0.4, 0.5) is 10.2 Å². The molecular formula is C13H14FN3O. The van der Waals surface area contributed by atoms with Gasteiger partial charge in [0.2, 0.25) is 5.95 Å². The summed E-state index contributed by atoms with van der Waals surface area (Å²) in [5.41, 5.74) is 1.09. The summed E-state index contributed by atoms with van der Waals surface area (Å²) in [6, 6.07) is 9.02. The summed E-state index contributed by atoms with van der Waals surface area (Å²) < 4.78 is 18.1. The maximum Gasteiger partial charge on any atom is 0.218 e. The number of benzene rings is 1. The zero-order chi connectivity index (χ0) is 13.0. The minimum atomic E-state index is -0.526. The lowest BCUT2D eigenvalue weighted by Gasteiger charge is -2.17. The second-order valence-corrected chi connectivity index (χ2v) is 3.90. The zero-order valence-corrected chi connectivity index (χ0v) is 10.3. The predicted octanol–water partition coefficient (Wildman–Crippen LogP) is 2.26. The highest BCUT2D eigenvalue weighted by molar-refractivity contribution is 5.38. The van der Waals surface area contributed by atoms with Crippen molar-refractivity contribution in [1.82, 2.24) is 9.97 Å². The number of nitrogens with zero attached hydrogens (tertiary/aromatic N) is 3. The van der Waals surface area contributed by atoms with Gasteiger partial charge >= 0.3 is 0 Å². The van der Waals surface area contributed by atoms with Crippen molar-refractivity contribution in [2.75, 3.05) is 19.1 Å². The average molecular weight is 247 g/mol. The van der Waals surface area contributed by atoms with Crippen LogP contribution in [0.2, 0.25) is 0 Å². The molecule has 0 amide bonds. The van der Waals surface area contributed by atoms with E-state index in [4.69, 9.17) is 4.74 Å². The van der Waals surface area contributed by atoms with Gasteiger partial charge in [0.25, 0.3) is 0 Å². The average Bonchev–Trinajstić information content (AvgIpc) is 2.39. The van der Waals surface area contributed by atoms with Crippen LogP contribution in [0.25, 0.3) is 0 Å². The van der Waals surface area contributed by atoms with Gasteiger partial charge in [-0.2, -0.15) is 4.39 Å². The fraction of sp³-hybridized carbons (Fsp3) is 0.231. The number of methoxy groups -OCH3 is 1. The summed E-state index contributed by atoms with van der Waals surface area (Å²) in [5, 5.41) is 0. The highest BCUT2D eigenvalue weighted by Gasteiger charge is 2.05. The molecule has 0 saturated carbocycles. The molecule has 0 aliphatic heterocycles. The molecule has 0 bridgehead atoms. The molecule has 1 aromatic carbocycles. The van der Waals surface area contributed by atoms with Gasteiger partial charge in [-0.25, -0.2) is 9.97 Å². The number of hydrogen-bond donors (Lipinski definition) is 0. The fourth-order valence-corrected chi connectivity index (χ4v) is 1.62. The van der Waals surface area contributed by atoms with Gasteiger partial charge in [-0.3, -0.25) is 0 Å². The minimum Gasteiger partial charge on any atom is -0.497 e. The lowest BCUT2D eigenvalue weighted by Crippen LogP contribution is -2.17. The van der Waals surface area contributed by atoms with E-state index in [9.17, 15) is 4.39 Å². The van der Waals surface area contributed by atoms with Gasteiger partial charge in [0.1, 0.15) is 17.9 Å². The van der Waals surface area contributed by atoms with E-state index in [0.717, 1.165) is 11.3 Å². The van der Waals surface area contributed by atoms with Crippen LogP contribution in [0.1, 0.15) is 5.56 Å². The Morgan fingerprint density at radius 2 is 1.94 bits per heavy atom. The first kappa shape index (κ1) is 12.3. The highest BCUT2D eigenvalue weighted by atomic mass is 19.1. The summed E-state index contributed by atoms with van der Waals surface area (Å²) >= 11 is 0. The first-order valence-corrected chi connectivity index (χ1v) is 5.50. The summed E-state index contributed by atoms with van der Waals surface area (Å²) in [4.78, 5) is 9.30. The van der Waals surface area contributed by atoms with E-state index in [1.54, 1.807) is 7.11 Å². The molecule has 18 heavy (non-hydrogen) atoms. The molecule has 0 radical (unpaired) electrons. The fourth-order valence-electron chi connectivity index (χ4n) is 1.62. The Labute approximate surface area is 105 Å². The Kier molecular flexibility index (Phi) is 3.72. The number of anilines is 1. The van der Waals surface area contributed by atoms with Crippen molar-refractivity contribution in [3.05, 3.63) is 48.2 Å². The Morgan fingerprint density at radius 3 is 2.56 bits per heavy atom. The number of hydrogen-bond acceptors (Lipinski definition) is 4. The topological polar surface area (TPSA) is 38.2 Å². The molecule has 0 saturated heterocycles. The van der Waals surface area contributed by atoms with Crippen LogP contribution in [-0.4, -0.2) is 24.1 Å². The van der Waals surface area contributed by atoms with Crippen LogP contribution in [0.15, 0.2) is 36.7 Å². The molecule has 0 aliphatic carbocycles. The van der Waals surface area contributed by atoms with Crippen molar-refractivity contribution in [2.24, 2.45) is 0 Å². The Hall–Kier alpha value is -2.17. The van der Waals surface area contributed by atoms with E-state index in [1.807, 2.05) is 36.2 Å². The van der Waals surface area contributed by atoms with Crippen molar-refractivity contribution >= 4 is 5.82 Å². The number of rotatable bonds is 4. The summed E-state index contributed by atoms with van der Waals surface area (Å²) in [6.07, 6.45) is 1.22. The van der Waals surface area contributed by atoms with E-state index in [2.05, 4.69) is 9.97 Å². The molecule has 0 fully saturated rings. The van der Waals surface area contributed by atoms with Crippen LogP contribution < -0.4 is 9.64 Å². The lowest BCUT2D eigenvalue weighted by molar-refractivity contribution is 0.414. The molecular weight excluding hydrogens is 233 g/mol. The smallest absolute Gasteiger partial charge is 0.218 e. The van der Waals surface area contributed by atoms with Gasteiger partial charge in [0, 0.05) is 19.7 Å². The zero-order valence-electron chi connectivity index (χ0n) is 10.3. The van der Waals surface area contributed by atoms with E-state index < -0.39 is 5.95 Å². The number of aromatic nitrogens is 2. The molecule has 0 unspecified atom stereocenters. The molecule has 2 aromatic rings. The number of halogens is 1. The standard InChI is InChI=1S/C13H14FN3O/c1-17(13-7-12(14)15-9-16-13)8-10-3-5-11(18-2)6-4-10/h3-7,9H,8H2,1-2H3. The molecule has 5 heteroatoms. The second kappa shape index (κ2) is 5.44. The maximum atomic E-state index is 13.0. The van der Waals surface area contributed by atoms with E-state index in [1.165, 1.54) is 12.4 Å². The molecule has 1 heterocycles. The molecule has 0 atom stereocenters. The third-order valence-corrected chi connectivity index (χ3v) is 2.59. The highest BCUT2D eigenvalue weighted by Crippen LogP contribution is 2.15. The van der Waals surface area contributed by atoms with Gasteiger partial charge < -0.3 is 9.64 Å². The van der Waals surface area contributed by atoms with Crippen molar-refractivity contribution in [3.8, 4) is 5.75 Å². The Morgan fingerprint density at radius 1 is 1.22 bits per heavy atom. The first-order valence-electron chi connectivity index (χ1n) is 5.50. The molecule has 0 aliphatic rings. The Bertz CT molecular complexity index is 516. The second-order valence-electron chi connectivity index (χ2n) is 3.90. The van der Waals surface area contributed by atoms with Crippen LogP contribution in [-0.2, 0) is 6.54 Å². The van der Waals surface area contributed by atoms with E-state index >= 15 is 0 Å². The monoisotopic (exact) mass is 247 g/mol. The van der Waals surface area contributed by atoms with E-state index in [-0.39, 0.29) is 0 Å². The van der Waals surface area contributed by atoms with Crippen molar-refractivity contribution in [3.63, 3.8) is 0 Å². The third kappa shape index (κ3) is 2.94. The Balaban J connectivity index is 2.08. The van der Waals surface area contributed by atoms with Gasteiger partial charge in [0.15, 0.2) is 0 Å². The summed E-state index contributed by atoms with van der Waals surface area (Å²) in [6.45, 7) is 0.639. The molecule has 94 valence electrons. The molecule has 2 rings (SSSR count). The van der Waals surface area contributed by atoms with Crippen molar-refractivity contribution in [2.45, 2.75) is 6.54 Å². The van der Waals surface area contributed by atoms with Crippen LogP contribution in [0.3, 0.4) is 0 Å². The largest absolute Gasteiger partial charge is 0.497 e. The third-order valence-electron chi connectivity index (χ3n) is 2.59. The van der Waals surface area contributed by atoms with Gasteiger partial charge in [0.05, 0.1) is 7.11 Å². The van der Waals surface area contributed by atoms with Gasteiger partial charge in [-0.1, -0.05) is 12.1 Å². The summed E-state index contributed by atoms with van der Waals surface area (Å²) in [5.74, 6) is 0.842. The summed E-state index contributed by atoms with van der Waals surface area (Å²) in [7, 11) is 3.48. The molecule has 0 N–H and O–H groups in total. The lowest BCUT2D eigenvalue weighted by atomic mass is 10.2. The maximum absolute atomic E-state index is 13.0. The van der Waals surface area contributed by atoms with Gasteiger partial charge in [-0.15, -0.1) is 0 Å². The quantitative estimate of drug-likeness (QED) is 0.777. The molecule has 1 aromatic heterocycles. The molecule has 4 nitrogen and oxygen atoms in total. The SMILES string of the molecule is COc1ccc(CN(C)c2cc(F)ncn2)cc1. The molecule has 0 spiro atoms. The normalized spacial score (nSPS) is 10.2. The van der Waals surface area contributed by atoms with Crippen LogP contribution in [0, 0.1) is 5.95 Å². The van der Waals surface area contributed by atoms with E-state index in [0.29, 0.717) is 12.4 Å². The number of ether oxygens (including phenoxy) is 1.